The van der Waals surface area contributed by atoms with Crippen molar-refractivity contribution in [3.05, 3.63) is 77.5 Å². The predicted octanol–water partition coefficient (Wildman–Crippen LogP) is 4.82. The molecule has 1 aliphatic carbocycles. The number of hydrogen-bond acceptors (Lipinski definition) is 7. The van der Waals surface area contributed by atoms with Gasteiger partial charge in [0, 0.05) is 36.8 Å². The van der Waals surface area contributed by atoms with E-state index in [0.29, 0.717) is 34.8 Å². The third kappa shape index (κ3) is 7.19. The number of nitrogens with two attached hydrogens (primary N) is 1. The molecule has 2 aromatic carbocycles. The molecule has 3 aliphatic rings. The summed E-state index contributed by atoms with van der Waals surface area (Å²) in [5.74, 6) is 1.72. The zero-order valence-corrected chi connectivity index (χ0v) is 25.0. The van der Waals surface area contributed by atoms with Crippen LogP contribution in [0.1, 0.15) is 71.2 Å². The summed E-state index contributed by atoms with van der Waals surface area (Å²) < 4.78 is 5.50. The van der Waals surface area contributed by atoms with Crippen LogP contribution in [0.25, 0.3) is 0 Å². The van der Waals surface area contributed by atoms with Crippen molar-refractivity contribution in [2.75, 3.05) is 41.8 Å². The number of amides is 3. The summed E-state index contributed by atoms with van der Waals surface area (Å²) in [5, 5.41) is 5.70. The van der Waals surface area contributed by atoms with Gasteiger partial charge in [-0.1, -0.05) is 25.0 Å². The van der Waals surface area contributed by atoms with Crippen LogP contribution in [0.4, 0.5) is 17.2 Å². The highest BCUT2D eigenvalue weighted by atomic mass is 16.5. The number of rotatable bonds is 11. The Balaban J connectivity index is 1.02. The van der Waals surface area contributed by atoms with Crippen LogP contribution in [0.5, 0.6) is 5.75 Å². The second-order valence-corrected chi connectivity index (χ2v) is 12.0. The standard InChI is InChI=1S/C34H40N6O4/c35-16-2-1-3-23-14-17-39(18-15-23)31-13-9-27(20-36-31)37-33(42)25-6-4-24(5-7-25)21-40(28-10-11-28)34(43)26-8-12-29-30(19-26)44-22-32(41)38-29/h4-9,12-13,19-20,23,28H,1-3,10-11,14-18,21-22,35H2,(H,37,42)(H,38,41). The molecule has 3 aromatic rings. The molecule has 10 nitrogen and oxygen atoms in total. The number of benzene rings is 2. The van der Waals surface area contributed by atoms with Crippen LogP contribution in [-0.2, 0) is 11.3 Å². The van der Waals surface area contributed by atoms with Gasteiger partial charge in [-0.2, -0.15) is 0 Å². The summed E-state index contributed by atoms with van der Waals surface area (Å²) in [6.07, 6.45) is 9.58. The first kappa shape index (κ1) is 29.6. The van der Waals surface area contributed by atoms with E-state index >= 15 is 0 Å². The van der Waals surface area contributed by atoms with Crippen molar-refractivity contribution < 1.29 is 19.1 Å². The van der Waals surface area contributed by atoms with Crippen molar-refractivity contribution in [2.45, 2.75) is 57.5 Å². The number of piperidine rings is 1. The molecule has 3 amide bonds. The number of ether oxygens (including phenoxy) is 1. The fourth-order valence-corrected chi connectivity index (χ4v) is 5.96. The largest absolute Gasteiger partial charge is 0.482 e. The lowest BCUT2D eigenvalue weighted by molar-refractivity contribution is -0.118. The Kier molecular flexibility index (Phi) is 9.07. The highest BCUT2D eigenvalue weighted by Crippen LogP contribution is 2.33. The van der Waals surface area contributed by atoms with Crippen LogP contribution in [-0.4, -0.2) is 59.9 Å². The van der Waals surface area contributed by atoms with E-state index in [1.165, 1.54) is 25.7 Å². The van der Waals surface area contributed by atoms with E-state index in [1.807, 2.05) is 29.2 Å². The summed E-state index contributed by atoms with van der Waals surface area (Å²) in [6.45, 7) is 3.16. The Morgan fingerprint density at radius 1 is 1.00 bits per heavy atom. The van der Waals surface area contributed by atoms with E-state index in [9.17, 15) is 14.4 Å². The van der Waals surface area contributed by atoms with Gasteiger partial charge in [0.05, 0.1) is 17.6 Å². The average Bonchev–Trinajstić information content (AvgIpc) is 3.90. The number of nitrogens with one attached hydrogen (secondary N) is 2. The Labute approximate surface area is 258 Å². The molecule has 1 saturated heterocycles. The molecular weight excluding hydrogens is 556 g/mol. The van der Waals surface area contributed by atoms with E-state index in [-0.39, 0.29) is 30.4 Å². The van der Waals surface area contributed by atoms with E-state index in [0.717, 1.165) is 56.2 Å². The van der Waals surface area contributed by atoms with Gasteiger partial charge < -0.3 is 30.9 Å². The molecule has 0 bridgehead atoms. The Bertz CT molecular complexity index is 1480. The molecule has 2 fully saturated rings. The van der Waals surface area contributed by atoms with Gasteiger partial charge >= 0.3 is 0 Å². The first-order valence-electron chi connectivity index (χ1n) is 15.7. The van der Waals surface area contributed by atoms with Crippen molar-refractivity contribution in [1.29, 1.82) is 0 Å². The van der Waals surface area contributed by atoms with Gasteiger partial charge in [0.25, 0.3) is 17.7 Å². The Hall–Kier alpha value is -4.44. The summed E-state index contributed by atoms with van der Waals surface area (Å²) >= 11 is 0. The van der Waals surface area contributed by atoms with Crippen LogP contribution in [0.15, 0.2) is 60.8 Å². The van der Waals surface area contributed by atoms with Crippen LogP contribution in [0, 0.1) is 5.92 Å². The molecule has 230 valence electrons. The number of carbonyl (C=O) groups excluding carboxylic acids is 3. The normalized spacial score (nSPS) is 16.5. The number of aromatic nitrogens is 1. The molecule has 3 heterocycles. The minimum absolute atomic E-state index is 0.0613. The second kappa shape index (κ2) is 13.5. The van der Waals surface area contributed by atoms with Gasteiger partial charge in [0.1, 0.15) is 11.6 Å². The highest BCUT2D eigenvalue weighted by Gasteiger charge is 2.33. The fraction of sp³-hybridized carbons (Fsp3) is 0.412. The molecule has 1 saturated carbocycles. The highest BCUT2D eigenvalue weighted by molar-refractivity contribution is 6.04. The molecule has 0 unspecified atom stereocenters. The van der Waals surface area contributed by atoms with E-state index < -0.39 is 0 Å². The number of nitrogens with zero attached hydrogens (tertiary/aromatic N) is 3. The van der Waals surface area contributed by atoms with Gasteiger partial charge in [0.15, 0.2) is 6.61 Å². The number of unbranched alkanes of at least 4 members (excludes halogenated alkanes) is 1. The van der Waals surface area contributed by atoms with Crippen molar-refractivity contribution in [2.24, 2.45) is 11.7 Å². The van der Waals surface area contributed by atoms with E-state index in [1.54, 1.807) is 36.5 Å². The van der Waals surface area contributed by atoms with Crippen LogP contribution in [0.3, 0.4) is 0 Å². The molecule has 10 heteroatoms. The quantitative estimate of drug-likeness (QED) is 0.271. The zero-order valence-electron chi connectivity index (χ0n) is 25.0. The maximum Gasteiger partial charge on any atom is 0.262 e. The third-order valence-electron chi connectivity index (χ3n) is 8.69. The topological polar surface area (TPSA) is 130 Å². The van der Waals surface area contributed by atoms with Crippen LogP contribution >= 0.6 is 0 Å². The van der Waals surface area contributed by atoms with E-state index in [4.69, 9.17) is 10.5 Å². The molecule has 6 rings (SSSR count). The zero-order chi connectivity index (χ0) is 30.5. The maximum absolute atomic E-state index is 13.5. The summed E-state index contributed by atoms with van der Waals surface area (Å²) in [5.41, 5.74) is 8.85. The lowest BCUT2D eigenvalue weighted by atomic mass is 9.91. The number of hydrogen-bond donors (Lipinski definition) is 3. The summed E-state index contributed by atoms with van der Waals surface area (Å²) in [6, 6.07) is 16.5. The molecule has 0 spiro atoms. The molecule has 44 heavy (non-hydrogen) atoms. The van der Waals surface area contributed by atoms with Crippen molar-refractivity contribution >= 4 is 34.9 Å². The lowest BCUT2D eigenvalue weighted by Crippen LogP contribution is -2.34. The van der Waals surface area contributed by atoms with Gasteiger partial charge in [0.2, 0.25) is 0 Å². The Morgan fingerprint density at radius 3 is 2.48 bits per heavy atom. The third-order valence-corrected chi connectivity index (χ3v) is 8.69. The lowest BCUT2D eigenvalue weighted by Gasteiger charge is -2.33. The molecule has 1 aromatic heterocycles. The van der Waals surface area contributed by atoms with Crippen molar-refractivity contribution in [3.63, 3.8) is 0 Å². The molecule has 4 N–H and O–H groups in total. The summed E-state index contributed by atoms with van der Waals surface area (Å²) in [4.78, 5) is 46.8. The van der Waals surface area contributed by atoms with Gasteiger partial charge in [-0.25, -0.2) is 4.98 Å². The number of carbonyl (C=O) groups is 3. The van der Waals surface area contributed by atoms with Crippen molar-refractivity contribution in [3.8, 4) is 5.75 Å². The number of fused-ring (bicyclic) bond motifs is 1. The molecular formula is C34H40N6O4. The first-order chi connectivity index (χ1) is 21.5. The van der Waals surface area contributed by atoms with Gasteiger partial charge in [-0.3, -0.25) is 14.4 Å². The Morgan fingerprint density at radius 2 is 1.77 bits per heavy atom. The number of pyridine rings is 1. The van der Waals surface area contributed by atoms with Crippen molar-refractivity contribution in [1.82, 2.24) is 9.88 Å². The van der Waals surface area contributed by atoms with E-state index in [2.05, 4.69) is 20.5 Å². The minimum Gasteiger partial charge on any atom is -0.482 e. The first-order valence-corrected chi connectivity index (χ1v) is 15.7. The van der Waals surface area contributed by atoms with Gasteiger partial charge in [-0.15, -0.1) is 0 Å². The minimum atomic E-state index is -0.209. The monoisotopic (exact) mass is 596 g/mol. The average molecular weight is 597 g/mol. The number of anilines is 3. The maximum atomic E-state index is 13.5. The van der Waals surface area contributed by atoms with Crippen LogP contribution in [0.2, 0.25) is 0 Å². The predicted molar refractivity (Wildman–Crippen MR) is 170 cm³/mol. The summed E-state index contributed by atoms with van der Waals surface area (Å²) in [7, 11) is 0. The fourth-order valence-electron chi connectivity index (χ4n) is 5.96. The molecule has 0 atom stereocenters. The molecule has 2 aliphatic heterocycles. The second-order valence-electron chi connectivity index (χ2n) is 12.0. The SMILES string of the molecule is NCCCCC1CCN(c2ccc(NC(=O)c3ccc(CN(C(=O)c4ccc5c(c4)OCC(=O)N5)C4CC4)cc3)cn2)CC1. The molecule has 0 radical (unpaired) electrons. The van der Waals surface area contributed by atoms with Crippen LogP contribution < -0.4 is 26.0 Å². The smallest absolute Gasteiger partial charge is 0.262 e. The van der Waals surface area contributed by atoms with Gasteiger partial charge in [-0.05, 0) is 92.6 Å².